The van der Waals surface area contributed by atoms with Crippen LogP contribution in [0, 0.1) is 0 Å². The van der Waals surface area contributed by atoms with Crippen LogP contribution in [0.5, 0.6) is 0 Å². The Morgan fingerprint density at radius 2 is 1.33 bits per heavy atom. The van der Waals surface area contributed by atoms with Gasteiger partial charge in [0.05, 0.1) is 6.67 Å². The number of aryl methyl sites for hydroxylation is 1. The first-order valence-corrected chi connectivity index (χ1v) is 7.72. The lowest BCUT2D eigenvalue weighted by molar-refractivity contribution is 0.495. The van der Waals surface area contributed by atoms with Crippen LogP contribution >= 0.6 is 0 Å². The van der Waals surface area contributed by atoms with Crippen LogP contribution in [0.25, 0.3) is 0 Å². The summed E-state index contributed by atoms with van der Waals surface area (Å²) >= 11 is 0. The van der Waals surface area contributed by atoms with E-state index in [9.17, 15) is 16.7 Å². The number of hydrogen-bond donors (Lipinski definition) is 1. The highest BCUT2D eigenvalue weighted by atomic mass is 32.3. The van der Waals surface area contributed by atoms with Crippen LogP contribution in [0.1, 0.15) is 11.1 Å². The van der Waals surface area contributed by atoms with E-state index in [4.69, 9.17) is 0 Å². The zero-order chi connectivity index (χ0) is 15.6. The normalized spacial score (nSPS) is 10.6. The third kappa shape index (κ3) is 8.88. The van der Waals surface area contributed by atoms with Gasteiger partial charge in [-0.25, -0.2) is 0 Å². The van der Waals surface area contributed by atoms with Crippen molar-refractivity contribution in [3.63, 3.8) is 0 Å². The predicted molar refractivity (Wildman–Crippen MR) is 79.4 cm³/mol. The minimum atomic E-state index is -4.57. The van der Waals surface area contributed by atoms with Gasteiger partial charge in [-0.05, 0) is 11.1 Å². The molecule has 0 heterocycles. The molecular formula is C15H17F2NO2S. The third-order valence-electron chi connectivity index (χ3n) is 2.52. The summed E-state index contributed by atoms with van der Waals surface area (Å²) in [4.78, 5) is 0. The smallest absolute Gasteiger partial charge is 0.251 e. The Balaban J connectivity index is 0.000000219. The van der Waals surface area contributed by atoms with Gasteiger partial charge in [-0.2, -0.15) is 13.1 Å². The molecule has 2 aromatic rings. The largest absolute Gasteiger partial charge is 0.372 e. The van der Waals surface area contributed by atoms with Crippen molar-refractivity contribution in [2.75, 3.05) is 6.67 Å². The van der Waals surface area contributed by atoms with Gasteiger partial charge in [0, 0.05) is 13.0 Å². The lowest BCUT2D eigenvalue weighted by Crippen LogP contribution is -2.17. The van der Waals surface area contributed by atoms with Gasteiger partial charge in [-0.1, -0.05) is 64.5 Å². The molecule has 0 aliphatic carbocycles. The van der Waals surface area contributed by atoms with Crippen LogP contribution in [0.15, 0.2) is 60.7 Å². The van der Waals surface area contributed by atoms with Crippen LogP contribution in [-0.2, 0) is 23.4 Å². The van der Waals surface area contributed by atoms with Gasteiger partial charge in [-0.15, -0.1) is 0 Å². The second kappa shape index (κ2) is 9.20. The van der Waals surface area contributed by atoms with Gasteiger partial charge in [0.15, 0.2) is 0 Å². The Labute approximate surface area is 124 Å². The molecule has 2 rings (SSSR count). The van der Waals surface area contributed by atoms with Crippen LogP contribution in [0.3, 0.4) is 0 Å². The quantitative estimate of drug-likeness (QED) is 0.862. The summed E-state index contributed by atoms with van der Waals surface area (Å²) in [5.41, 5.74) is 1.79. The van der Waals surface area contributed by atoms with E-state index < -0.39 is 10.4 Å². The molecule has 0 saturated carbocycles. The topological polar surface area (TPSA) is 46.2 Å². The molecule has 21 heavy (non-hydrogen) atoms. The minimum Gasteiger partial charge on any atom is -0.251 e. The van der Waals surface area contributed by atoms with Crippen molar-refractivity contribution in [2.45, 2.75) is 13.0 Å². The van der Waals surface area contributed by atoms with Crippen molar-refractivity contribution in [1.29, 1.82) is 0 Å². The molecule has 0 aromatic heterocycles. The minimum absolute atomic E-state index is 0.0142. The highest BCUT2D eigenvalue weighted by Crippen LogP contribution is 1.99. The number of halogens is 2. The molecule has 3 nitrogen and oxygen atoms in total. The molecule has 114 valence electrons. The van der Waals surface area contributed by atoms with Crippen molar-refractivity contribution in [3.05, 3.63) is 71.8 Å². The summed E-state index contributed by atoms with van der Waals surface area (Å²) in [6.45, 7) is -0.274. The molecule has 0 aliphatic rings. The molecule has 0 spiro atoms. The molecule has 0 amide bonds. The standard InChI is InChI=1S/C8H9F.C7H8FNO2S/c9-7-6-8-4-2-1-3-5-8;8-12(10,11)9-6-7-4-2-1-3-5-7/h1-5H,6-7H2;1-5,9H,6H2. The van der Waals surface area contributed by atoms with Crippen LogP contribution in [0.2, 0.25) is 0 Å². The van der Waals surface area contributed by atoms with E-state index in [0.717, 1.165) is 11.1 Å². The van der Waals surface area contributed by atoms with Gasteiger partial charge in [0.25, 0.3) is 0 Å². The second-order valence-electron chi connectivity index (χ2n) is 4.17. The first-order valence-electron chi connectivity index (χ1n) is 6.34. The first kappa shape index (κ1) is 17.3. The predicted octanol–water partition coefficient (Wildman–Crippen LogP) is 3.19. The molecule has 2 aromatic carbocycles. The molecule has 0 bridgehead atoms. The maximum atomic E-state index is 11.9. The zero-order valence-corrected chi connectivity index (χ0v) is 12.2. The summed E-state index contributed by atoms with van der Waals surface area (Å²) in [7, 11) is -4.57. The maximum Gasteiger partial charge on any atom is 0.372 e. The summed E-state index contributed by atoms with van der Waals surface area (Å²) in [6, 6.07) is 18.4. The third-order valence-corrected chi connectivity index (χ3v) is 3.01. The Morgan fingerprint density at radius 1 is 0.857 bits per heavy atom. The van der Waals surface area contributed by atoms with Gasteiger partial charge >= 0.3 is 10.4 Å². The molecule has 0 saturated heterocycles. The summed E-state index contributed by atoms with van der Waals surface area (Å²) in [6.07, 6.45) is 0.542. The molecule has 6 heteroatoms. The number of benzene rings is 2. The highest BCUT2D eigenvalue weighted by molar-refractivity contribution is 7.84. The van der Waals surface area contributed by atoms with Crippen molar-refractivity contribution >= 4 is 10.4 Å². The van der Waals surface area contributed by atoms with Crippen molar-refractivity contribution in [1.82, 2.24) is 4.72 Å². The molecule has 0 unspecified atom stereocenters. The summed E-state index contributed by atoms with van der Waals surface area (Å²) < 4.78 is 45.4. The average molecular weight is 313 g/mol. The molecular weight excluding hydrogens is 296 g/mol. The SMILES string of the molecule is FCCc1ccccc1.O=S(=O)(F)NCc1ccccc1. The van der Waals surface area contributed by atoms with E-state index in [1.54, 1.807) is 35.1 Å². The molecule has 1 N–H and O–H groups in total. The number of nitrogens with one attached hydrogen (secondary N) is 1. The van der Waals surface area contributed by atoms with E-state index >= 15 is 0 Å². The lowest BCUT2D eigenvalue weighted by atomic mass is 10.2. The fourth-order valence-electron chi connectivity index (χ4n) is 1.52. The molecule has 0 aliphatic heterocycles. The summed E-state index contributed by atoms with van der Waals surface area (Å²) in [5, 5.41) is 0. The van der Waals surface area contributed by atoms with Crippen molar-refractivity contribution in [3.8, 4) is 0 Å². The Bertz CT molecular complexity index is 604. The van der Waals surface area contributed by atoms with E-state index in [0.29, 0.717) is 6.42 Å². The Kier molecular flexibility index (Phi) is 7.56. The molecule has 0 radical (unpaired) electrons. The number of hydrogen-bond acceptors (Lipinski definition) is 2. The summed E-state index contributed by atoms with van der Waals surface area (Å²) in [5.74, 6) is 0. The maximum absolute atomic E-state index is 11.9. The van der Waals surface area contributed by atoms with Crippen LogP contribution in [-0.4, -0.2) is 15.1 Å². The lowest BCUT2D eigenvalue weighted by Gasteiger charge is -1.98. The van der Waals surface area contributed by atoms with Crippen LogP contribution in [0.4, 0.5) is 8.28 Å². The van der Waals surface area contributed by atoms with E-state index in [-0.39, 0.29) is 13.2 Å². The average Bonchev–Trinajstić information content (AvgIpc) is 2.48. The fourth-order valence-corrected chi connectivity index (χ4v) is 1.86. The van der Waals surface area contributed by atoms with Crippen LogP contribution < -0.4 is 4.72 Å². The number of alkyl halides is 1. The second-order valence-corrected chi connectivity index (χ2v) is 5.33. The van der Waals surface area contributed by atoms with E-state index in [2.05, 4.69) is 0 Å². The van der Waals surface area contributed by atoms with Gasteiger partial charge in [-0.3, -0.25) is 4.39 Å². The zero-order valence-electron chi connectivity index (χ0n) is 11.4. The van der Waals surface area contributed by atoms with Crippen molar-refractivity contribution < 1.29 is 16.7 Å². The Hall–Kier alpha value is -1.79. The molecule has 0 atom stereocenters. The van der Waals surface area contributed by atoms with Gasteiger partial charge in [0.1, 0.15) is 0 Å². The van der Waals surface area contributed by atoms with Crippen molar-refractivity contribution in [2.24, 2.45) is 0 Å². The first-order chi connectivity index (χ1) is 10.0. The Morgan fingerprint density at radius 3 is 1.76 bits per heavy atom. The van der Waals surface area contributed by atoms with Gasteiger partial charge < -0.3 is 0 Å². The highest BCUT2D eigenvalue weighted by Gasteiger charge is 2.03. The van der Waals surface area contributed by atoms with Gasteiger partial charge in [0.2, 0.25) is 0 Å². The van der Waals surface area contributed by atoms with E-state index in [1.165, 1.54) is 0 Å². The number of rotatable bonds is 5. The van der Waals surface area contributed by atoms with E-state index in [1.807, 2.05) is 30.3 Å². The monoisotopic (exact) mass is 313 g/mol. The fraction of sp³-hybridized carbons (Fsp3) is 0.200. The molecule has 0 fully saturated rings.